The number of aromatic nitrogens is 3. The van der Waals surface area contributed by atoms with Crippen molar-refractivity contribution in [2.24, 2.45) is 5.41 Å². The Morgan fingerprint density at radius 2 is 1.83 bits per heavy atom. The van der Waals surface area contributed by atoms with Gasteiger partial charge in [0.05, 0.1) is 12.4 Å². The van der Waals surface area contributed by atoms with E-state index in [1.54, 1.807) is 0 Å². The Bertz CT molecular complexity index is 678. The van der Waals surface area contributed by atoms with Crippen LogP contribution in [-0.4, -0.2) is 46.0 Å². The minimum absolute atomic E-state index is 0.309. The number of pyridine rings is 1. The van der Waals surface area contributed by atoms with Gasteiger partial charge in [0.25, 0.3) is 0 Å². The van der Waals surface area contributed by atoms with Gasteiger partial charge in [0, 0.05) is 44.0 Å². The lowest BCUT2D eigenvalue weighted by Gasteiger charge is -2.40. The molecule has 126 valence electrons. The van der Waals surface area contributed by atoms with Gasteiger partial charge in [0.15, 0.2) is 5.82 Å². The Labute approximate surface area is 141 Å². The fraction of sp³-hybridized carbons (Fsp3) is 0.500. The molecule has 1 spiro atoms. The van der Waals surface area contributed by atoms with E-state index in [9.17, 15) is 4.39 Å². The van der Waals surface area contributed by atoms with Gasteiger partial charge in [-0.2, -0.15) is 0 Å². The minimum Gasteiger partial charge on any atom is -0.340 e. The molecule has 2 aromatic heterocycles. The van der Waals surface area contributed by atoms with Crippen molar-refractivity contribution >= 4 is 5.95 Å². The molecule has 2 fully saturated rings. The van der Waals surface area contributed by atoms with Crippen molar-refractivity contribution < 1.29 is 4.39 Å². The molecule has 2 aliphatic rings. The van der Waals surface area contributed by atoms with Crippen LogP contribution in [0.15, 0.2) is 36.9 Å². The second-order valence-electron chi connectivity index (χ2n) is 7.04. The second kappa shape index (κ2) is 6.43. The highest BCUT2D eigenvalue weighted by Gasteiger charge is 2.41. The molecule has 0 radical (unpaired) electrons. The zero-order chi connectivity index (χ0) is 16.4. The van der Waals surface area contributed by atoms with Gasteiger partial charge in [-0.1, -0.05) is 0 Å². The summed E-state index contributed by atoms with van der Waals surface area (Å²) in [5, 5.41) is 0. The Hall–Kier alpha value is -2.08. The standard InChI is InChI=1S/C18H22FN5/c19-16-10-21-17(22-11-16)24-8-1-4-18(14-24)5-9-23(13-18)12-15-2-6-20-7-3-15/h2-3,6-7,10-11H,1,4-5,8-9,12-14H2. The molecule has 1 unspecified atom stereocenters. The zero-order valence-electron chi connectivity index (χ0n) is 13.7. The minimum atomic E-state index is -0.380. The summed E-state index contributed by atoms with van der Waals surface area (Å²) in [4.78, 5) is 17.2. The first-order chi connectivity index (χ1) is 11.7. The topological polar surface area (TPSA) is 45.2 Å². The van der Waals surface area contributed by atoms with E-state index in [0.717, 1.165) is 39.1 Å². The molecule has 2 aliphatic heterocycles. The van der Waals surface area contributed by atoms with Crippen LogP contribution in [0, 0.1) is 11.2 Å². The number of rotatable bonds is 3. The summed E-state index contributed by atoms with van der Waals surface area (Å²) in [5.41, 5.74) is 1.62. The summed E-state index contributed by atoms with van der Waals surface area (Å²) >= 11 is 0. The van der Waals surface area contributed by atoms with Crippen molar-refractivity contribution in [2.45, 2.75) is 25.8 Å². The Kier molecular flexibility index (Phi) is 4.14. The van der Waals surface area contributed by atoms with Gasteiger partial charge < -0.3 is 4.90 Å². The van der Waals surface area contributed by atoms with Gasteiger partial charge in [0.2, 0.25) is 5.95 Å². The fourth-order valence-electron chi connectivity index (χ4n) is 4.09. The van der Waals surface area contributed by atoms with E-state index in [-0.39, 0.29) is 5.82 Å². The number of likely N-dealkylation sites (tertiary alicyclic amines) is 1. The van der Waals surface area contributed by atoms with E-state index >= 15 is 0 Å². The Morgan fingerprint density at radius 3 is 2.62 bits per heavy atom. The number of piperidine rings is 1. The first kappa shape index (κ1) is 15.4. The number of halogens is 1. The van der Waals surface area contributed by atoms with Crippen LogP contribution in [0.4, 0.5) is 10.3 Å². The summed E-state index contributed by atoms with van der Waals surface area (Å²) in [6.07, 6.45) is 9.82. The third-order valence-electron chi connectivity index (χ3n) is 5.22. The van der Waals surface area contributed by atoms with Crippen LogP contribution in [-0.2, 0) is 6.54 Å². The van der Waals surface area contributed by atoms with Gasteiger partial charge in [-0.25, -0.2) is 14.4 Å². The molecule has 4 rings (SSSR count). The van der Waals surface area contributed by atoms with E-state index in [4.69, 9.17) is 0 Å². The molecule has 0 saturated carbocycles. The maximum atomic E-state index is 13.1. The lowest BCUT2D eigenvalue weighted by molar-refractivity contribution is 0.215. The van der Waals surface area contributed by atoms with Crippen LogP contribution in [0.5, 0.6) is 0 Å². The molecule has 4 heterocycles. The summed E-state index contributed by atoms with van der Waals surface area (Å²) in [5.74, 6) is 0.276. The smallest absolute Gasteiger partial charge is 0.225 e. The molecule has 0 aliphatic carbocycles. The largest absolute Gasteiger partial charge is 0.340 e. The van der Waals surface area contributed by atoms with Gasteiger partial charge in [0.1, 0.15) is 0 Å². The van der Waals surface area contributed by atoms with E-state index in [1.165, 1.54) is 30.8 Å². The molecule has 0 N–H and O–H groups in total. The third kappa shape index (κ3) is 3.24. The highest BCUT2D eigenvalue weighted by atomic mass is 19.1. The molecule has 2 aromatic rings. The van der Waals surface area contributed by atoms with Crippen molar-refractivity contribution in [3.8, 4) is 0 Å². The normalized spacial score (nSPS) is 24.6. The maximum Gasteiger partial charge on any atom is 0.225 e. The quantitative estimate of drug-likeness (QED) is 0.867. The summed E-state index contributed by atoms with van der Waals surface area (Å²) < 4.78 is 13.1. The maximum absolute atomic E-state index is 13.1. The molecule has 0 bridgehead atoms. The molecule has 2 saturated heterocycles. The summed E-state index contributed by atoms with van der Waals surface area (Å²) in [7, 11) is 0. The van der Waals surface area contributed by atoms with Gasteiger partial charge in [-0.05, 0) is 43.5 Å². The Balaban J connectivity index is 1.43. The zero-order valence-corrected chi connectivity index (χ0v) is 13.7. The number of nitrogens with zero attached hydrogens (tertiary/aromatic N) is 5. The third-order valence-corrected chi connectivity index (χ3v) is 5.22. The molecular formula is C18H22FN5. The van der Waals surface area contributed by atoms with Gasteiger partial charge in [-0.3, -0.25) is 9.88 Å². The molecule has 0 aromatic carbocycles. The van der Waals surface area contributed by atoms with Gasteiger partial charge in [-0.15, -0.1) is 0 Å². The first-order valence-corrected chi connectivity index (χ1v) is 8.56. The van der Waals surface area contributed by atoms with Crippen molar-refractivity contribution in [1.29, 1.82) is 0 Å². The molecular weight excluding hydrogens is 305 g/mol. The van der Waals surface area contributed by atoms with Crippen LogP contribution < -0.4 is 4.90 Å². The van der Waals surface area contributed by atoms with Crippen molar-refractivity contribution in [2.75, 3.05) is 31.1 Å². The predicted molar refractivity (Wildman–Crippen MR) is 90.0 cm³/mol. The predicted octanol–water partition coefficient (Wildman–Crippen LogP) is 2.50. The van der Waals surface area contributed by atoms with E-state index in [1.807, 2.05) is 12.4 Å². The van der Waals surface area contributed by atoms with Crippen LogP contribution in [0.1, 0.15) is 24.8 Å². The Morgan fingerprint density at radius 1 is 1.04 bits per heavy atom. The van der Waals surface area contributed by atoms with Crippen molar-refractivity contribution in [1.82, 2.24) is 19.9 Å². The molecule has 5 nitrogen and oxygen atoms in total. The SMILES string of the molecule is Fc1cnc(N2CCCC3(CCN(Cc4ccncc4)C3)C2)nc1. The fourth-order valence-corrected chi connectivity index (χ4v) is 4.09. The van der Waals surface area contributed by atoms with E-state index in [0.29, 0.717) is 11.4 Å². The van der Waals surface area contributed by atoms with E-state index < -0.39 is 0 Å². The molecule has 6 heteroatoms. The first-order valence-electron chi connectivity index (χ1n) is 8.56. The van der Waals surface area contributed by atoms with Crippen LogP contribution in [0.2, 0.25) is 0 Å². The summed E-state index contributed by atoms with van der Waals surface area (Å²) in [6, 6.07) is 4.18. The van der Waals surface area contributed by atoms with Crippen molar-refractivity contribution in [3.63, 3.8) is 0 Å². The number of hydrogen-bond donors (Lipinski definition) is 0. The molecule has 24 heavy (non-hydrogen) atoms. The lowest BCUT2D eigenvalue weighted by atomic mass is 9.79. The number of anilines is 1. The lowest BCUT2D eigenvalue weighted by Crippen LogP contribution is -2.45. The average molecular weight is 327 g/mol. The molecule has 0 amide bonds. The van der Waals surface area contributed by atoms with Gasteiger partial charge >= 0.3 is 0 Å². The van der Waals surface area contributed by atoms with E-state index in [2.05, 4.69) is 36.9 Å². The summed E-state index contributed by atoms with van der Waals surface area (Å²) in [6.45, 7) is 5.13. The van der Waals surface area contributed by atoms with Crippen LogP contribution in [0.3, 0.4) is 0 Å². The van der Waals surface area contributed by atoms with Crippen LogP contribution in [0.25, 0.3) is 0 Å². The highest BCUT2D eigenvalue weighted by Crippen LogP contribution is 2.40. The van der Waals surface area contributed by atoms with Crippen molar-refractivity contribution in [3.05, 3.63) is 48.3 Å². The van der Waals surface area contributed by atoms with Crippen LogP contribution >= 0.6 is 0 Å². The molecule has 1 atom stereocenters. The second-order valence-corrected chi connectivity index (χ2v) is 7.04. The monoisotopic (exact) mass is 327 g/mol. The highest BCUT2D eigenvalue weighted by molar-refractivity contribution is 5.30. The number of hydrogen-bond acceptors (Lipinski definition) is 5. The average Bonchev–Trinajstić information content (AvgIpc) is 2.98.